The molecule has 0 radical (unpaired) electrons. The van der Waals surface area contributed by atoms with Gasteiger partial charge in [0.25, 0.3) is 0 Å². The van der Waals surface area contributed by atoms with Crippen molar-refractivity contribution in [2.45, 2.75) is 18.4 Å². The van der Waals surface area contributed by atoms with Gasteiger partial charge < -0.3 is 15.3 Å². The molecular weight excluding hydrogens is 546 g/mol. The van der Waals surface area contributed by atoms with Crippen LogP contribution in [0.25, 0.3) is 38.6 Å². The van der Waals surface area contributed by atoms with Crippen LogP contribution in [-0.2, 0) is 6.42 Å². The maximum Gasteiger partial charge on any atom is 0.0544 e. The average molecular weight is 580 g/mol. The zero-order chi connectivity index (χ0) is 30.2. The molecule has 0 bridgehead atoms. The summed E-state index contributed by atoms with van der Waals surface area (Å²) < 4.78 is 2.39. The van der Waals surface area contributed by atoms with E-state index in [1.54, 1.807) is 0 Å². The van der Waals surface area contributed by atoms with Crippen LogP contribution in [0.5, 0.6) is 0 Å². The third-order valence-electron chi connectivity index (χ3n) is 8.99. The van der Waals surface area contributed by atoms with Crippen LogP contribution in [-0.4, -0.2) is 16.3 Å². The summed E-state index contributed by atoms with van der Waals surface area (Å²) >= 11 is 0. The van der Waals surface area contributed by atoms with Crippen LogP contribution < -0.4 is 5.32 Å². The number of para-hydroxylation sites is 3. The summed E-state index contributed by atoms with van der Waals surface area (Å²) in [6.07, 6.45) is 5.00. The third-order valence-corrected chi connectivity index (χ3v) is 8.99. The second-order valence-corrected chi connectivity index (χ2v) is 11.8. The fourth-order valence-electron chi connectivity index (χ4n) is 6.94. The highest BCUT2D eigenvalue weighted by atomic mass is 15.0. The minimum atomic E-state index is -0.129. The first-order valence-corrected chi connectivity index (χ1v) is 15.6. The highest BCUT2D eigenvalue weighted by Crippen LogP contribution is 2.41. The van der Waals surface area contributed by atoms with E-state index in [4.69, 9.17) is 0 Å². The standard InChI is InChI=1S/C42H33N3/c43-38(42(29-14-4-1-5-15-29)30-16-6-2-7-17-30)25-24-32-26-31-27-41-37(28-36(31)34-20-10-12-22-39(34)44-32)35-21-11-13-23-40(35)45(41)33-18-8-3-9-19-33/h1-25,27-28,32,42-44H,26H2/b25-24-,43-38?. The zero-order valence-corrected chi connectivity index (χ0v) is 24.9. The quantitative estimate of drug-likeness (QED) is 0.189. The van der Waals surface area contributed by atoms with E-state index >= 15 is 0 Å². The number of rotatable bonds is 6. The van der Waals surface area contributed by atoms with Crippen molar-refractivity contribution in [1.82, 2.24) is 4.57 Å². The Morgan fingerprint density at radius 1 is 0.644 bits per heavy atom. The van der Waals surface area contributed by atoms with Gasteiger partial charge in [-0.3, -0.25) is 0 Å². The highest BCUT2D eigenvalue weighted by Gasteiger charge is 2.23. The molecular formula is C42H33N3. The van der Waals surface area contributed by atoms with Gasteiger partial charge in [-0.1, -0.05) is 121 Å². The fourth-order valence-corrected chi connectivity index (χ4v) is 6.94. The third kappa shape index (κ3) is 4.93. The predicted octanol–water partition coefficient (Wildman–Crippen LogP) is 10.2. The van der Waals surface area contributed by atoms with Crippen molar-refractivity contribution in [1.29, 1.82) is 5.41 Å². The summed E-state index contributed by atoms with van der Waals surface area (Å²) in [5, 5.41) is 15.6. The Morgan fingerprint density at radius 3 is 2.00 bits per heavy atom. The molecule has 8 rings (SSSR count). The molecule has 1 aliphatic rings. The second kappa shape index (κ2) is 11.4. The summed E-state index contributed by atoms with van der Waals surface area (Å²) in [5.74, 6) is -0.129. The van der Waals surface area contributed by atoms with Crippen molar-refractivity contribution < 1.29 is 0 Å². The van der Waals surface area contributed by atoms with Gasteiger partial charge in [0.2, 0.25) is 0 Å². The number of allylic oxidation sites excluding steroid dienone is 1. The van der Waals surface area contributed by atoms with E-state index in [0.29, 0.717) is 5.71 Å². The summed E-state index contributed by atoms with van der Waals surface area (Å²) in [7, 11) is 0. The van der Waals surface area contributed by atoms with Crippen LogP contribution in [0.2, 0.25) is 0 Å². The van der Waals surface area contributed by atoms with Crippen LogP contribution >= 0.6 is 0 Å². The Kier molecular flexibility index (Phi) is 6.84. The molecule has 3 heteroatoms. The van der Waals surface area contributed by atoms with Gasteiger partial charge >= 0.3 is 0 Å². The van der Waals surface area contributed by atoms with Crippen LogP contribution in [0.15, 0.2) is 164 Å². The maximum atomic E-state index is 9.26. The molecule has 2 N–H and O–H groups in total. The minimum absolute atomic E-state index is 0.0203. The molecule has 0 saturated carbocycles. The molecule has 2 heterocycles. The van der Waals surface area contributed by atoms with Crippen molar-refractivity contribution in [3.05, 3.63) is 181 Å². The van der Waals surface area contributed by atoms with Gasteiger partial charge in [0.05, 0.1) is 17.0 Å². The van der Waals surface area contributed by atoms with Gasteiger partial charge in [0, 0.05) is 39.5 Å². The lowest BCUT2D eigenvalue weighted by atomic mass is 9.86. The van der Waals surface area contributed by atoms with E-state index in [-0.39, 0.29) is 12.0 Å². The van der Waals surface area contributed by atoms with Crippen LogP contribution in [0.1, 0.15) is 22.6 Å². The summed E-state index contributed by atoms with van der Waals surface area (Å²) in [6, 6.07) is 53.5. The second-order valence-electron chi connectivity index (χ2n) is 11.8. The first-order valence-electron chi connectivity index (χ1n) is 15.6. The number of nitrogens with zero attached hydrogens (tertiary/aromatic N) is 1. The molecule has 0 aliphatic carbocycles. The van der Waals surface area contributed by atoms with Crippen LogP contribution in [0.3, 0.4) is 0 Å². The highest BCUT2D eigenvalue weighted by molar-refractivity contribution is 6.11. The molecule has 6 aromatic carbocycles. The van der Waals surface area contributed by atoms with Gasteiger partial charge in [-0.15, -0.1) is 0 Å². The van der Waals surface area contributed by atoms with Crippen molar-refractivity contribution in [3.63, 3.8) is 0 Å². The zero-order valence-electron chi connectivity index (χ0n) is 24.9. The molecule has 0 saturated heterocycles. The van der Waals surface area contributed by atoms with E-state index in [9.17, 15) is 5.41 Å². The lowest BCUT2D eigenvalue weighted by Crippen LogP contribution is -2.20. The smallest absolute Gasteiger partial charge is 0.0544 e. The number of hydrogen-bond acceptors (Lipinski definition) is 2. The molecule has 0 spiro atoms. The molecule has 1 aliphatic heterocycles. The molecule has 216 valence electrons. The van der Waals surface area contributed by atoms with Gasteiger partial charge in [0.1, 0.15) is 0 Å². The van der Waals surface area contributed by atoms with Gasteiger partial charge in [-0.25, -0.2) is 0 Å². The monoisotopic (exact) mass is 579 g/mol. The SMILES string of the molecule is N=C(/C=C\C1Cc2cc3c(cc2-c2ccccc2N1)c1ccccc1n3-c1ccccc1)C(c1ccccc1)c1ccccc1. The van der Waals surface area contributed by atoms with Crippen molar-refractivity contribution >= 4 is 33.2 Å². The van der Waals surface area contributed by atoms with E-state index in [1.807, 2.05) is 18.2 Å². The minimum Gasteiger partial charge on any atom is -0.378 e. The summed E-state index contributed by atoms with van der Waals surface area (Å²) in [6.45, 7) is 0. The normalized spacial score (nSPS) is 14.3. The molecule has 1 aromatic heterocycles. The van der Waals surface area contributed by atoms with Gasteiger partial charge in [-0.05, 0) is 71.1 Å². The Hall–Kier alpha value is -5.67. The lowest BCUT2D eigenvalue weighted by molar-refractivity contribution is 0.874. The number of hydrogen-bond donors (Lipinski definition) is 2. The maximum absolute atomic E-state index is 9.26. The van der Waals surface area contributed by atoms with Gasteiger partial charge in [0.15, 0.2) is 0 Å². The van der Waals surface area contributed by atoms with Crippen LogP contribution in [0.4, 0.5) is 5.69 Å². The first kappa shape index (κ1) is 26.9. The number of anilines is 1. The number of nitrogens with one attached hydrogen (secondary N) is 2. The molecule has 1 unspecified atom stereocenters. The topological polar surface area (TPSA) is 40.8 Å². The fraction of sp³-hybridized carbons (Fsp3) is 0.0714. The largest absolute Gasteiger partial charge is 0.378 e. The van der Waals surface area contributed by atoms with E-state index in [0.717, 1.165) is 28.9 Å². The molecule has 7 aromatic rings. The Bertz CT molecular complexity index is 2140. The lowest BCUT2D eigenvalue weighted by Gasteiger charge is -2.19. The van der Waals surface area contributed by atoms with E-state index in [1.165, 1.54) is 38.5 Å². The molecule has 3 nitrogen and oxygen atoms in total. The molecule has 0 amide bonds. The molecule has 0 fully saturated rings. The van der Waals surface area contributed by atoms with Gasteiger partial charge in [-0.2, -0.15) is 0 Å². The van der Waals surface area contributed by atoms with E-state index < -0.39 is 0 Å². The Labute approximate surface area is 263 Å². The predicted molar refractivity (Wildman–Crippen MR) is 189 cm³/mol. The number of benzene rings is 6. The van der Waals surface area contributed by atoms with E-state index in [2.05, 4.69) is 155 Å². The number of aromatic nitrogens is 1. The van der Waals surface area contributed by atoms with Crippen molar-refractivity contribution in [3.8, 4) is 16.8 Å². The number of fused-ring (bicyclic) bond motifs is 6. The molecule has 45 heavy (non-hydrogen) atoms. The van der Waals surface area contributed by atoms with Crippen LogP contribution in [0, 0.1) is 5.41 Å². The average Bonchev–Trinajstić information content (AvgIpc) is 3.32. The Morgan fingerprint density at radius 2 is 1.27 bits per heavy atom. The first-order chi connectivity index (χ1) is 22.2. The summed E-state index contributed by atoms with van der Waals surface area (Å²) in [4.78, 5) is 0. The summed E-state index contributed by atoms with van der Waals surface area (Å²) in [5.41, 5.74) is 11.3. The van der Waals surface area contributed by atoms with Crippen molar-refractivity contribution in [2.75, 3.05) is 5.32 Å². The Balaban J connectivity index is 1.23. The van der Waals surface area contributed by atoms with Crippen molar-refractivity contribution in [2.24, 2.45) is 0 Å². The molecule has 1 atom stereocenters.